The van der Waals surface area contributed by atoms with Crippen LogP contribution in [-0.4, -0.2) is 61.4 Å². The maximum atomic E-state index is 13.1. The number of hydrogen-bond acceptors (Lipinski definition) is 7. The molecule has 0 radical (unpaired) electrons. The number of ether oxygens (including phenoxy) is 1. The molecule has 1 fully saturated rings. The number of β-amino-alcohol motifs (C(OH)–C–C–N with tert-alkyl or cyclic N) is 1. The van der Waals surface area contributed by atoms with Gasteiger partial charge in [0.05, 0.1) is 12.2 Å². The highest BCUT2D eigenvalue weighted by atomic mass is 16.5. The molecule has 2 N–H and O–H groups in total. The van der Waals surface area contributed by atoms with Gasteiger partial charge in [0, 0.05) is 0 Å². The quantitative estimate of drug-likeness (QED) is 0.548. The number of carbonyl (C=O) groups excluding carboxylic acids is 2. The van der Waals surface area contributed by atoms with Crippen LogP contribution in [0.5, 0.6) is 5.75 Å². The Morgan fingerprint density at radius 3 is 2.74 bits per heavy atom. The number of aliphatic hydroxyl groups is 1. The molecule has 1 aliphatic rings. The fourth-order valence-electron chi connectivity index (χ4n) is 3.46. The molecule has 2 heterocycles. The monoisotopic (exact) mass is 422 g/mol. The van der Waals surface area contributed by atoms with Gasteiger partial charge in [0.25, 0.3) is 5.91 Å². The summed E-state index contributed by atoms with van der Waals surface area (Å²) in [4.78, 5) is 26.7. The van der Waals surface area contributed by atoms with Crippen molar-refractivity contribution in [2.24, 2.45) is 0 Å². The van der Waals surface area contributed by atoms with Gasteiger partial charge in [-0.1, -0.05) is 24.3 Å². The number of carbonyl (C=O) groups is 2. The zero-order chi connectivity index (χ0) is 22.0. The summed E-state index contributed by atoms with van der Waals surface area (Å²) in [6.07, 6.45) is 0.401. The van der Waals surface area contributed by atoms with E-state index in [1.54, 1.807) is 37.3 Å². The van der Waals surface area contributed by atoms with Gasteiger partial charge in [-0.25, -0.2) is 9.48 Å². The Hall–Kier alpha value is -3.79. The second-order valence-corrected chi connectivity index (χ2v) is 7.56. The van der Waals surface area contributed by atoms with Crippen LogP contribution in [0.25, 0.3) is 5.69 Å². The highest BCUT2D eigenvalue weighted by Gasteiger charge is 2.49. The van der Waals surface area contributed by atoms with Crippen molar-refractivity contribution in [3.8, 4) is 11.4 Å². The summed E-state index contributed by atoms with van der Waals surface area (Å²) in [7, 11) is 0. The van der Waals surface area contributed by atoms with Gasteiger partial charge < -0.3 is 15.2 Å². The summed E-state index contributed by atoms with van der Waals surface area (Å²) < 4.78 is 7.04. The van der Waals surface area contributed by atoms with Crippen LogP contribution in [-0.2, 0) is 10.3 Å². The molecule has 160 valence electrons. The van der Waals surface area contributed by atoms with Gasteiger partial charge in [0.15, 0.2) is 0 Å². The zero-order valence-electron chi connectivity index (χ0n) is 17.1. The summed E-state index contributed by atoms with van der Waals surface area (Å²) in [5.41, 5.74) is 0.974. The molecule has 0 unspecified atom stereocenters. The largest absolute Gasteiger partial charge is 0.491 e. The molecule has 1 aromatic heterocycles. The third-order valence-corrected chi connectivity index (χ3v) is 5.14. The minimum atomic E-state index is -1.28. The topological polar surface area (TPSA) is 122 Å². The van der Waals surface area contributed by atoms with Crippen LogP contribution < -0.4 is 10.1 Å². The number of urea groups is 1. The number of hydrogen-bond donors (Lipinski definition) is 2. The molecule has 1 saturated heterocycles. The lowest BCUT2D eigenvalue weighted by atomic mass is 9.91. The number of benzene rings is 2. The van der Waals surface area contributed by atoms with Crippen molar-refractivity contribution < 1.29 is 19.4 Å². The van der Waals surface area contributed by atoms with E-state index < -0.39 is 23.6 Å². The molecule has 0 saturated carbocycles. The molecule has 10 nitrogen and oxygen atoms in total. The Balaban J connectivity index is 1.46. The number of nitrogens with one attached hydrogen (secondary N) is 1. The highest BCUT2D eigenvalue weighted by Crippen LogP contribution is 2.30. The number of aliphatic hydroxyl groups excluding tert-OH is 1. The van der Waals surface area contributed by atoms with Crippen LogP contribution in [0.2, 0.25) is 0 Å². The molecule has 2 atom stereocenters. The summed E-state index contributed by atoms with van der Waals surface area (Å²) in [5.74, 6) is 0.154. The number of aryl methyl sites for hydroxylation is 1. The van der Waals surface area contributed by atoms with Crippen molar-refractivity contribution in [3.63, 3.8) is 0 Å². The third kappa shape index (κ3) is 4.10. The van der Waals surface area contributed by atoms with Crippen LogP contribution in [0.1, 0.15) is 18.1 Å². The Morgan fingerprint density at radius 1 is 1.19 bits per heavy atom. The molecule has 1 aliphatic heterocycles. The summed E-state index contributed by atoms with van der Waals surface area (Å²) >= 11 is 0. The number of amides is 3. The molecule has 3 amide bonds. The minimum absolute atomic E-state index is 0.0496. The number of nitrogens with zero attached hydrogens (tertiary/aromatic N) is 5. The predicted molar refractivity (Wildman–Crippen MR) is 109 cm³/mol. The van der Waals surface area contributed by atoms with E-state index in [2.05, 4.69) is 20.8 Å². The Labute approximate surface area is 178 Å². The predicted octanol–water partition coefficient (Wildman–Crippen LogP) is 1.18. The number of tetrazole rings is 1. The lowest BCUT2D eigenvalue weighted by Crippen LogP contribution is -2.42. The molecule has 4 rings (SSSR count). The Bertz CT molecular complexity index is 1100. The molecule has 3 aromatic rings. The van der Waals surface area contributed by atoms with Crippen molar-refractivity contribution in [1.29, 1.82) is 0 Å². The van der Waals surface area contributed by atoms with E-state index in [1.807, 2.05) is 25.1 Å². The van der Waals surface area contributed by atoms with E-state index >= 15 is 0 Å². The van der Waals surface area contributed by atoms with Crippen LogP contribution >= 0.6 is 0 Å². The standard InChI is InChI=1S/C21H22N6O4/c1-14-5-3-8-18(9-14)31-12-17(28)11-26-19(29)21(2,23-20(26)30)15-6-4-7-16(10-15)27-13-22-24-25-27/h3-10,13,17,28H,11-12H2,1-2H3,(H,23,30)/t17-,21-/m1/s1. The zero-order valence-corrected chi connectivity index (χ0v) is 17.1. The number of rotatable bonds is 7. The van der Waals surface area contributed by atoms with E-state index in [0.29, 0.717) is 17.0 Å². The molecular weight excluding hydrogens is 400 g/mol. The lowest BCUT2D eigenvalue weighted by Gasteiger charge is -2.23. The van der Waals surface area contributed by atoms with Crippen LogP contribution in [0.4, 0.5) is 4.79 Å². The molecule has 0 bridgehead atoms. The average molecular weight is 422 g/mol. The fraction of sp³-hybridized carbons (Fsp3) is 0.286. The normalized spacial score (nSPS) is 19.4. The molecular formula is C21H22N6O4. The van der Waals surface area contributed by atoms with E-state index in [-0.39, 0.29) is 13.2 Å². The first kappa shape index (κ1) is 20.5. The first-order valence-electron chi connectivity index (χ1n) is 9.72. The van der Waals surface area contributed by atoms with Gasteiger partial charge in [-0.05, 0) is 59.7 Å². The van der Waals surface area contributed by atoms with Gasteiger partial charge in [-0.2, -0.15) is 0 Å². The second-order valence-electron chi connectivity index (χ2n) is 7.56. The fourth-order valence-corrected chi connectivity index (χ4v) is 3.46. The van der Waals surface area contributed by atoms with Gasteiger partial charge >= 0.3 is 6.03 Å². The Kier molecular flexibility index (Phi) is 5.38. The van der Waals surface area contributed by atoms with Crippen molar-refractivity contribution in [3.05, 3.63) is 66.0 Å². The van der Waals surface area contributed by atoms with Crippen LogP contribution in [0.3, 0.4) is 0 Å². The van der Waals surface area contributed by atoms with E-state index in [0.717, 1.165) is 10.5 Å². The van der Waals surface area contributed by atoms with E-state index in [9.17, 15) is 14.7 Å². The molecule has 2 aromatic carbocycles. The van der Waals surface area contributed by atoms with E-state index in [1.165, 1.54) is 11.0 Å². The maximum absolute atomic E-state index is 13.1. The van der Waals surface area contributed by atoms with Crippen LogP contribution in [0.15, 0.2) is 54.9 Å². The third-order valence-electron chi connectivity index (χ3n) is 5.14. The first-order valence-corrected chi connectivity index (χ1v) is 9.72. The van der Waals surface area contributed by atoms with Crippen molar-refractivity contribution in [2.75, 3.05) is 13.2 Å². The summed E-state index contributed by atoms with van der Waals surface area (Å²) in [5, 5.41) is 24.1. The lowest BCUT2D eigenvalue weighted by molar-refractivity contribution is -0.132. The molecule has 0 aliphatic carbocycles. The van der Waals surface area contributed by atoms with E-state index in [4.69, 9.17) is 4.74 Å². The van der Waals surface area contributed by atoms with Gasteiger partial charge in [-0.3, -0.25) is 9.69 Å². The SMILES string of the molecule is Cc1cccc(OC[C@H](O)CN2C(=O)N[C@](C)(c3cccc(-n4cnnn4)c3)C2=O)c1. The minimum Gasteiger partial charge on any atom is -0.491 e. The molecule has 0 spiro atoms. The summed E-state index contributed by atoms with van der Waals surface area (Å²) in [6, 6.07) is 13.8. The number of aromatic nitrogens is 4. The second kappa shape index (κ2) is 8.15. The average Bonchev–Trinajstić information content (AvgIpc) is 3.37. The maximum Gasteiger partial charge on any atom is 0.325 e. The summed E-state index contributed by atoms with van der Waals surface area (Å²) in [6.45, 7) is 3.33. The number of imide groups is 1. The highest BCUT2D eigenvalue weighted by molar-refractivity contribution is 6.07. The molecule has 31 heavy (non-hydrogen) atoms. The van der Waals surface area contributed by atoms with Crippen molar-refractivity contribution >= 4 is 11.9 Å². The van der Waals surface area contributed by atoms with Gasteiger partial charge in [0.1, 0.15) is 30.3 Å². The van der Waals surface area contributed by atoms with Crippen LogP contribution in [0, 0.1) is 6.92 Å². The smallest absolute Gasteiger partial charge is 0.325 e. The van der Waals surface area contributed by atoms with Gasteiger partial charge in [-0.15, -0.1) is 5.10 Å². The van der Waals surface area contributed by atoms with Gasteiger partial charge in [0.2, 0.25) is 0 Å². The molecule has 10 heteroatoms. The van der Waals surface area contributed by atoms with Crippen molar-refractivity contribution in [1.82, 2.24) is 30.4 Å². The Morgan fingerprint density at radius 2 is 2.00 bits per heavy atom. The first-order chi connectivity index (χ1) is 14.9. The van der Waals surface area contributed by atoms with Crippen molar-refractivity contribution in [2.45, 2.75) is 25.5 Å².